The Bertz CT molecular complexity index is 1620. The average Bonchev–Trinajstić information content (AvgIpc) is 3.23. The van der Waals surface area contributed by atoms with Gasteiger partial charge in [-0.05, 0) is 83.4 Å². The van der Waals surface area contributed by atoms with Crippen LogP contribution in [0.4, 0.5) is 11.4 Å². The molecule has 10 nitrogen and oxygen atoms in total. The number of rotatable bonds is 10. The van der Waals surface area contributed by atoms with Crippen molar-refractivity contribution in [2.45, 2.75) is 71.1 Å². The number of nitrogens with zero attached hydrogens (tertiary/aromatic N) is 2. The molecule has 0 amide bonds. The van der Waals surface area contributed by atoms with Crippen molar-refractivity contribution >= 4 is 48.9 Å². The number of carboxylic acid groups (broad SMARTS) is 1. The Morgan fingerprint density at radius 3 is 2.07 bits per heavy atom. The van der Waals surface area contributed by atoms with Gasteiger partial charge in [-0.25, -0.2) is 0 Å². The van der Waals surface area contributed by atoms with Crippen molar-refractivity contribution in [3.63, 3.8) is 0 Å². The van der Waals surface area contributed by atoms with E-state index in [-0.39, 0.29) is 17.0 Å². The van der Waals surface area contributed by atoms with Crippen molar-refractivity contribution in [3.05, 3.63) is 65.0 Å². The molecule has 0 aromatic heterocycles. The summed E-state index contributed by atoms with van der Waals surface area (Å²) in [5, 5.41) is 8.91. The normalized spacial score (nSPS) is 17.3. The Hall–Kier alpha value is -2.80. The van der Waals surface area contributed by atoms with Gasteiger partial charge in [0.1, 0.15) is 6.54 Å². The predicted octanol–water partition coefficient (Wildman–Crippen LogP) is 4.17. The van der Waals surface area contributed by atoms with Crippen LogP contribution in [0.5, 0.6) is 0 Å². The van der Waals surface area contributed by atoms with Crippen LogP contribution in [-0.4, -0.2) is 54.0 Å². The van der Waals surface area contributed by atoms with Gasteiger partial charge in [0.2, 0.25) is 5.69 Å². The molecule has 2 aromatic rings. The molecule has 4 rings (SSSR count). The Morgan fingerprint density at radius 1 is 0.905 bits per heavy atom. The molecule has 0 bridgehead atoms. The van der Waals surface area contributed by atoms with E-state index < -0.39 is 32.0 Å². The van der Waals surface area contributed by atoms with Crippen molar-refractivity contribution in [3.8, 4) is 0 Å². The third kappa shape index (κ3) is 5.99. The van der Waals surface area contributed by atoms with Crippen LogP contribution < -0.4 is 15.5 Å². The average molecular weight is 618 g/mol. The highest BCUT2D eigenvalue weighted by molar-refractivity contribution is 7.60. The number of fused-ring (bicyclic) bond motifs is 2. The zero-order chi connectivity index (χ0) is 31.3. The number of benzene rings is 2. The molecule has 5 N–H and O–H groups in total. The lowest BCUT2D eigenvalue weighted by molar-refractivity contribution is -0.438. The monoisotopic (exact) mass is 617 g/mol. The largest absolute Gasteiger partial charge is 0.481 e. The van der Waals surface area contributed by atoms with Gasteiger partial charge in [0.05, 0.1) is 27.8 Å². The Kier molecular flexibility index (Phi) is 8.69. The molecule has 0 fully saturated rings. The third-order valence-electron chi connectivity index (χ3n) is 8.29. The maximum atomic E-state index is 12.1. The summed E-state index contributed by atoms with van der Waals surface area (Å²) in [6, 6.07) is 9.52. The van der Waals surface area contributed by atoms with Gasteiger partial charge in [0.25, 0.3) is 0 Å². The van der Waals surface area contributed by atoms with Crippen molar-refractivity contribution in [1.29, 1.82) is 0 Å². The molecule has 2 aliphatic rings. The minimum absolute atomic E-state index is 0.0349. The van der Waals surface area contributed by atoms with Gasteiger partial charge in [0, 0.05) is 42.1 Å². The van der Waals surface area contributed by atoms with Gasteiger partial charge in [-0.3, -0.25) is 13.9 Å². The quantitative estimate of drug-likeness (QED) is 0.114. The molecule has 0 unspecified atom stereocenters. The molecule has 2 aromatic carbocycles. The first-order chi connectivity index (χ1) is 19.4. The summed E-state index contributed by atoms with van der Waals surface area (Å²) in [4.78, 5) is 52.3. The summed E-state index contributed by atoms with van der Waals surface area (Å²) in [5.41, 5.74) is 7.25. The number of allylic oxidation sites excluding steroid dienone is 1. The fourth-order valence-corrected chi connectivity index (χ4v) is 7.15. The lowest BCUT2D eigenvalue weighted by Crippen LogP contribution is -2.29. The molecular formula is C30H39N2O8P2+. The molecule has 0 spiro atoms. The maximum Gasteiger partial charge on any atom is 0.356 e. The van der Waals surface area contributed by atoms with Gasteiger partial charge < -0.3 is 29.6 Å². The van der Waals surface area contributed by atoms with E-state index in [0.29, 0.717) is 25.9 Å². The second-order valence-electron chi connectivity index (χ2n) is 11.9. The van der Waals surface area contributed by atoms with Gasteiger partial charge in [0.15, 0.2) is 5.71 Å². The second kappa shape index (κ2) is 11.4. The summed E-state index contributed by atoms with van der Waals surface area (Å²) in [5.74, 6) is -0.831. The number of carboxylic acids is 1. The molecule has 0 saturated heterocycles. The molecule has 0 radical (unpaired) electrons. The Labute approximate surface area is 246 Å². The highest BCUT2D eigenvalue weighted by Gasteiger charge is 2.46. The van der Waals surface area contributed by atoms with Crippen molar-refractivity contribution < 1.29 is 43.2 Å². The lowest BCUT2D eigenvalue weighted by Gasteiger charge is -2.24. The zero-order valence-corrected chi connectivity index (χ0v) is 26.3. The standard InChI is InChI=1S/C30H38N2O8P2/c1-6-31-24-13-11-20(41(35,36)37)18-22(24)29(2,3)26(31)15-16-27-30(4,5)23-19-21(42(38,39)40)12-14-25(23)32(27)17-9-7-8-10-28(33)34/h11-14,16,18-19H,6-10,17H2,1-5H3,(H4-,33,34,35,36,37,38,39,40)/p+1. The van der Waals surface area contributed by atoms with E-state index in [9.17, 15) is 33.5 Å². The van der Waals surface area contributed by atoms with E-state index in [4.69, 9.17) is 5.11 Å². The first kappa shape index (κ1) is 32.1. The second-order valence-corrected chi connectivity index (χ2v) is 15.1. The number of hydrogen-bond acceptors (Lipinski definition) is 4. The van der Waals surface area contributed by atoms with Crippen LogP contribution in [0.1, 0.15) is 71.4 Å². The van der Waals surface area contributed by atoms with Crippen LogP contribution in [0.3, 0.4) is 0 Å². The Balaban J connectivity index is 1.84. The lowest BCUT2D eigenvalue weighted by atomic mass is 9.81. The van der Waals surface area contributed by atoms with Crippen LogP contribution in [0.25, 0.3) is 0 Å². The molecule has 0 atom stereocenters. The minimum Gasteiger partial charge on any atom is -0.481 e. The van der Waals surface area contributed by atoms with E-state index in [2.05, 4.69) is 15.2 Å². The summed E-state index contributed by atoms with van der Waals surface area (Å²) in [6.45, 7) is 11.2. The summed E-state index contributed by atoms with van der Waals surface area (Å²) >= 11 is 0. The maximum absolute atomic E-state index is 12.1. The smallest absolute Gasteiger partial charge is 0.356 e. The van der Waals surface area contributed by atoms with Crippen LogP contribution in [0.2, 0.25) is 0 Å². The molecule has 12 heteroatoms. The number of hydrogen-bond donors (Lipinski definition) is 5. The summed E-state index contributed by atoms with van der Waals surface area (Å²) in [6.07, 6.45) is 4.00. The molecule has 0 saturated carbocycles. The molecule has 226 valence electrons. The van der Waals surface area contributed by atoms with E-state index in [0.717, 1.165) is 40.3 Å². The highest BCUT2D eigenvalue weighted by atomic mass is 31.2. The van der Waals surface area contributed by atoms with Crippen molar-refractivity contribution in [2.24, 2.45) is 0 Å². The minimum atomic E-state index is -4.47. The zero-order valence-electron chi connectivity index (χ0n) is 24.5. The molecule has 2 aliphatic heterocycles. The van der Waals surface area contributed by atoms with E-state index in [1.54, 1.807) is 24.3 Å². The number of unbranched alkanes of at least 4 members (excludes halogenated alkanes) is 2. The number of anilines is 1. The van der Waals surface area contributed by atoms with Crippen LogP contribution in [-0.2, 0) is 24.8 Å². The molecular weight excluding hydrogens is 578 g/mol. The number of likely N-dealkylation sites (N-methyl/N-ethyl adjacent to an activating group) is 1. The topological polar surface area (TPSA) is 159 Å². The Morgan fingerprint density at radius 2 is 1.50 bits per heavy atom. The highest BCUT2D eigenvalue weighted by Crippen LogP contribution is 2.49. The van der Waals surface area contributed by atoms with Crippen molar-refractivity contribution in [1.82, 2.24) is 0 Å². The molecule has 2 heterocycles. The number of aliphatic carboxylic acids is 1. The van der Waals surface area contributed by atoms with Crippen LogP contribution >= 0.6 is 15.2 Å². The fraction of sp³-hybridized carbons (Fsp3) is 0.433. The van der Waals surface area contributed by atoms with Gasteiger partial charge >= 0.3 is 21.2 Å². The number of carbonyl (C=O) groups is 1. The molecule has 42 heavy (non-hydrogen) atoms. The van der Waals surface area contributed by atoms with Crippen LogP contribution in [0, 0.1) is 0 Å². The van der Waals surface area contributed by atoms with E-state index in [1.165, 1.54) is 12.1 Å². The summed E-state index contributed by atoms with van der Waals surface area (Å²) in [7, 11) is -8.91. The molecule has 0 aliphatic carbocycles. The van der Waals surface area contributed by atoms with Gasteiger partial charge in [-0.2, -0.15) is 4.58 Å². The first-order valence-electron chi connectivity index (χ1n) is 13.9. The fourth-order valence-electron chi connectivity index (χ4n) is 6.02. The SMILES string of the molecule is CCN1C(=C=CC2=[N+](CCCCCC(=O)O)c3ccc(P(=O)(O)O)cc3C2(C)C)C(C)(C)c2cc(P(=O)(O)O)ccc21. The predicted molar refractivity (Wildman–Crippen MR) is 163 cm³/mol. The van der Waals surface area contributed by atoms with Gasteiger partial charge in [-0.15, -0.1) is 0 Å². The van der Waals surface area contributed by atoms with Crippen molar-refractivity contribution in [2.75, 3.05) is 18.0 Å². The first-order valence-corrected chi connectivity index (χ1v) is 17.2. The van der Waals surface area contributed by atoms with E-state index >= 15 is 0 Å². The third-order valence-corrected chi connectivity index (χ3v) is 10.2. The summed E-state index contributed by atoms with van der Waals surface area (Å²) < 4.78 is 26.2. The van der Waals surface area contributed by atoms with E-state index in [1.807, 2.05) is 40.7 Å². The van der Waals surface area contributed by atoms with Crippen LogP contribution in [0.15, 0.2) is 53.9 Å². The van der Waals surface area contributed by atoms with Gasteiger partial charge in [-0.1, -0.05) is 5.73 Å².